The Morgan fingerprint density at radius 2 is 1.81 bits per heavy atom. The van der Waals surface area contributed by atoms with E-state index < -0.39 is 12.6 Å². The van der Waals surface area contributed by atoms with E-state index in [-0.39, 0.29) is 12.5 Å². The molecule has 0 aromatic rings. The fourth-order valence-electron chi connectivity index (χ4n) is 2.18. The molecule has 0 aromatic heterocycles. The van der Waals surface area contributed by atoms with Gasteiger partial charge in [-0.15, -0.1) is 0 Å². The zero-order valence-electron chi connectivity index (χ0n) is 9.81. The number of carbonyl (C=O) groups excluding carboxylic acids is 1. The molecule has 1 heterocycles. The lowest BCUT2D eigenvalue weighted by Crippen LogP contribution is -2.44. The summed E-state index contributed by atoms with van der Waals surface area (Å²) >= 11 is 0. The lowest BCUT2D eigenvalue weighted by molar-refractivity contribution is -0.146. The molecule has 1 saturated heterocycles. The lowest BCUT2D eigenvalue weighted by Gasteiger charge is -2.34. The molecule has 1 rings (SSSR count). The Labute approximate surface area is 95.4 Å². The molecular weight excluding hydrogens is 210 g/mol. The number of nitrogens with zero attached hydrogens (tertiary/aromatic N) is 1. The molecule has 5 heteroatoms. The second-order valence-corrected chi connectivity index (χ2v) is 4.63. The van der Waals surface area contributed by atoms with E-state index in [1.807, 2.05) is 0 Å². The fraction of sp³-hybridized carbons (Fsp3) is 0.818. The summed E-state index contributed by atoms with van der Waals surface area (Å²) in [6, 6.07) is 0. The van der Waals surface area contributed by atoms with E-state index in [0.29, 0.717) is 11.8 Å². The summed E-state index contributed by atoms with van der Waals surface area (Å²) in [6.45, 7) is 5.19. The van der Waals surface area contributed by atoms with Gasteiger partial charge in [0.15, 0.2) is 0 Å². The van der Waals surface area contributed by atoms with Crippen LogP contribution in [0.2, 0.25) is 0 Å². The predicted molar refractivity (Wildman–Crippen MR) is 58.0 cm³/mol. The number of amides is 1. The molecule has 0 saturated carbocycles. The van der Waals surface area contributed by atoms with E-state index in [1.54, 1.807) is 4.90 Å². The molecule has 1 fully saturated rings. The molecule has 1 aliphatic heterocycles. The van der Waals surface area contributed by atoms with Crippen molar-refractivity contribution in [3.8, 4) is 0 Å². The predicted octanol–water partition coefficient (Wildman–Crippen LogP) is 0.592. The first-order valence-electron chi connectivity index (χ1n) is 5.56. The summed E-state index contributed by atoms with van der Waals surface area (Å²) in [5.74, 6) is -0.146. The highest BCUT2D eigenvalue weighted by molar-refractivity contribution is 5.78. The van der Waals surface area contributed by atoms with Crippen molar-refractivity contribution >= 4 is 11.9 Å². The Hall–Kier alpha value is -1.10. The lowest BCUT2D eigenvalue weighted by atomic mass is 9.92. The molecular formula is C11H19NO4. The molecule has 1 amide bonds. The van der Waals surface area contributed by atoms with Gasteiger partial charge in [-0.1, -0.05) is 13.8 Å². The van der Waals surface area contributed by atoms with Crippen LogP contribution in [0.1, 0.15) is 20.3 Å². The van der Waals surface area contributed by atoms with Gasteiger partial charge in [-0.3, -0.25) is 4.79 Å². The molecule has 5 nitrogen and oxygen atoms in total. The second kappa shape index (κ2) is 5.84. The smallest absolute Gasteiger partial charge is 0.329 e. The highest BCUT2D eigenvalue weighted by Crippen LogP contribution is 2.20. The highest BCUT2D eigenvalue weighted by Gasteiger charge is 2.25. The standard InChI is InChI=1S/C11H19NO4/c1-8-3-9(2)5-12(4-8)10(13)6-16-7-11(14)15/h8-9H,3-7H2,1-2H3,(H,14,15). The third kappa shape index (κ3) is 4.18. The van der Waals surface area contributed by atoms with Gasteiger partial charge in [0.05, 0.1) is 0 Å². The van der Waals surface area contributed by atoms with Crippen LogP contribution < -0.4 is 0 Å². The van der Waals surface area contributed by atoms with E-state index in [9.17, 15) is 9.59 Å². The number of piperidine rings is 1. The van der Waals surface area contributed by atoms with Crippen LogP contribution in [0.15, 0.2) is 0 Å². The van der Waals surface area contributed by atoms with Crippen molar-refractivity contribution in [1.29, 1.82) is 0 Å². The minimum Gasteiger partial charge on any atom is -0.480 e. The van der Waals surface area contributed by atoms with Gasteiger partial charge < -0.3 is 14.7 Å². The monoisotopic (exact) mass is 229 g/mol. The fourth-order valence-corrected chi connectivity index (χ4v) is 2.18. The third-order valence-electron chi connectivity index (χ3n) is 2.67. The zero-order valence-corrected chi connectivity index (χ0v) is 9.81. The normalized spacial score (nSPS) is 25.5. The van der Waals surface area contributed by atoms with Crippen LogP contribution >= 0.6 is 0 Å². The van der Waals surface area contributed by atoms with Crippen LogP contribution in [0.3, 0.4) is 0 Å². The zero-order chi connectivity index (χ0) is 12.1. The van der Waals surface area contributed by atoms with Crippen LogP contribution in [-0.4, -0.2) is 48.2 Å². The molecule has 0 spiro atoms. The molecule has 0 aliphatic carbocycles. The molecule has 1 N–H and O–H groups in total. The molecule has 0 bridgehead atoms. The van der Waals surface area contributed by atoms with Crippen molar-refractivity contribution in [3.63, 3.8) is 0 Å². The number of rotatable bonds is 4. The topological polar surface area (TPSA) is 66.8 Å². The van der Waals surface area contributed by atoms with Gasteiger partial charge in [-0.25, -0.2) is 4.79 Å². The Morgan fingerprint density at radius 3 is 2.31 bits per heavy atom. The number of aliphatic carboxylic acids is 1. The Morgan fingerprint density at radius 1 is 1.25 bits per heavy atom. The average molecular weight is 229 g/mol. The Bertz CT molecular complexity index is 257. The minimum absolute atomic E-state index is 0.111. The van der Waals surface area contributed by atoms with Crippen LogP contribution in [0.25, 0.3) is 0 Å². The average Bonchev–Trinajstić information content (AvgIpc) is 2.15. The Balaban J connectivity index is 2.32. The van der Waals surface area contributed by atoms with Gasteiger partial charge in [-0.2, -0.15) is 0 Å². The van der Waals surface area contributed by atoms with Crippen LogP contribution in [0.5, 0.6) is 0 Å². The van der Waals surface area contributed by atoms with Gasteiger partial charge in [0, 0.05) is 13.1 Å². The van der Waals surface area contributed by atoms with Crippen molar-refractivity contribution in [2.24, 2.45) is 11.8 Å². The third-order valence-corrected chi connectivity index (χ3v) is 2.67. The SMILES string of the molecule is CC1CC(C)CN(C(=O)COCC(=O)O)C1. The van der Waals surface area contributed by atoms with Crippen LogP contribution in [-0.2, 0) is 14.3 Å². The van der Waals surface area contributed by atoms with Gasteiger partial charge in [0.25, 0.3) is 0 Å². The van der Waals surface area contributed by atoms with Gasteiger partial charge in [0.2, 0.25) is 5.91 Å². The molecule has 16 heavy (non-hydrogen) atoms. The van der Waals surface area contributed by atoms with Gasteiger partial charge >= 0.3 is 5.97 Å². The van der Waals surface area contributed by atoms with E-state index >= 15 is 0 Å². The first-order valence-corrected chi connectivity index (χ1v) is 5.56. The number of carboxylic acids is 1. The molecule has 1 aliphatic rings. The molecule has 2 unspecified atom stereocenters. The van der Waals surface area contributed by atoms with Gasteiger partial charge in [-0.05, 0) is 18.3 Å². The van der Waals surface area contributed by atoms with E-state index in [1.165, 1.54) is 0 Å². The molecule has 92 valence electrons. The van der Waals surface area contributed by atoms with Crippen molar-refractivity contribution in [1.82, 2.24) is 4.90 Å². The summed E-state index contributed by atoms with van der Waals surface area (Å²) < 4.78 is 4.79. The molecule has 0 radical (unpaired) electrons. The summed E-state index contributed by atoms with van der Waals surface area (Å²) in [7, 11) is 0. The maximum Gasteiger partial charge on any atom is 0.329 e. The molecule has 0 aromatic carbocycles. The summed E-state index contributed by atoms with van der Waals surface area (Å²) in [4.78, 5) is 23.7. The van der Waals surface area contributed by atoms with Crippen molar-refractivity contribution in [3.05, 3.63) is 0 Å². The quantitative estimate of drug-likeness (QED) is 0.766. The van der Waals surface area contributed by atoms with Crippen molar-refractivity contribution in [2.75, 3.05) is 26.3 Å². The Kier molecular flexibility index (Phi) is 4.73. The number of ether oxygens (including phenoxy) is 1. The maximum absolute atomic E-state index is 11.7. The van der Waals surface area contributed by atoms with E-state index in [2.05, 4.69) is 13.8 Å². The molecule has 2 atom stereocenters. The number of likely N-dealkylation sites (tertiary alicyclic amines) is 1. The first kappa shape index (κ1) is 13.0. The van der Waals surface area contributed by atoms with Crippen molar-refractivity contribution < 1.29 is 19.4 Å². The minimum atomic E-state index is -1.05. The number of carbonyl (C=O) groups is 2. The van der Waals surface area contributed by atoms with Crippen LogP contribution in [0.4, 0.5) is 0 Å². The summed E-state index contributed by atoms with van der Waals surface area (Å²) in [5.41, 5.74) is 0. The van der Waals surface area contributed by atoms with Gasteiger partial charge in [0.1, 0.15) is 13.2 Å². The van der Waals surface area contributed by atoms with Crippen molar-refractivity contribution in [2.45, 2.75) is 20.3 Å². The second-order valence-electron chi connectivity index (χ2n) is 4.63. The highest BCUT2D eigenvalue weighted by atomic mass is 16.5. The number of carboxylic acid groups (broad SMARTS) is 1. The largest absolute Gasteiger partial charge is 0.480 e. The van der Waals surface area contributed by atoms with Crippen LogP contribution in [0, 0.1) is 11.8 Å². The maximum atomic E-state index is 11.7. The van der Waals surface area contributed by atoms with E-state index in [4.69, 9.17) is 9.84 Å². The first-order chi connectivity index (χ1) is 7.49. The number of hydrogen-bond acceptors (Lipinski definition) is 3. The van der Waals surface area contributed by atoms with E-state index in [0.717, 1.165) is 19.5 Å². The summed E-state index contributed by atoms with van der Waals surface area (Å²) in [6.07, 6.45) is 1.14. The summed E-state index contributed by atoms with van der Waals surface area (Å²) in [5, 5.41) is 8.37. The number of hydrogen-bond donors (Lipinski definition) is 1.